The summed E-state index contributed by atoms with van der Waals surface area (Å²) in [6, 6.07) is 9.30. The normalized spacial score (nSPS) is 10.8. The molecule has 0 fully saturated rings. The van der Waals surface area contributed by atoms with Crippen molar-refractivity contribution in [3.8, 4) is 11.3 Å². The first-order chi connectivity index (χ1) is 11.2. The van der Waals surface area contributed by atoms with E-state index in [4.69, 9.17) is 0 Å². The molecular formula is C16H12FN5O. The molecule has 6 nitrogen and oxygen atoms in total. The van der Waals surface area contributed by atoms with Crippen LogP contribution in [-0.2, 0) is 0 Å². The number of nitrogens with one attached hydrogen (secondary N) is 2. The number of carbonyl (C=O) groups is 1. The third-order valence-electron chi connectivity index (χ3n) is 3.10. The van der Waals surface area contributed by atoms with Gasteiger partial charge in [-0.2, -0.15) is 10.2 Å². The summed E-state index contributed by atoms with van der Waals surface area (Å²) in [6.45, 7) is 0. The number of nitrogens with zero attached hydrogens (tertiary/aromatic N) is 3. The topological polar surface area (TPSA) is 83.0 Å². The van der Waals surface area contributed by atoms with Gasteiger partial charge in [-0.25, -0.2) is 9.82 Å². The number of pyridine rings is 1. The van der Waals surface area contributed by atoms with Gasteiger partial charge in [0.25, 0.3) is 5.91 Å². The van der Waals surface area contributed by atoms with Crippen LogP contribution in [0, 0.1) is 5.82 Å². The van der Waals surface area contributed by atoms with Crippen LogP contribution in [0.1, 0.15) is 15.9 Å². The molecule has 0 aliphatic rings. The monoisotopic (exact) mass is 309 g/mol. The minimum absolute atomic E-state index is 0.313. The number of hydrogen-bond acceptors (Lipinski definition) is 4. The molecule has 2 heterocycles. The second-order valence-corrected chi connectivity index (χ2v) is 4.65. The molecule has 0 atom stereocenters. The zero-order valence-electron chi connectivity index (χ0n) is 11.9. The number of carbonyl (C=O) groups excluding carboxylic acids is 1. The van der Waals surface area contributed by atoms with Crippen LogP contribution in [0.15, 0.2) is 60.1 Å². The SMILES string of the molecule is O=C(NN=Cc1cn[nH]c1-c1ccc(F)cc1)c1cccnc1. The molecular weight excluding hydrogens is 297 g/mol. The Morgan fingerprint density at radius 3 is 2.78 bits per heavy atom. The number of aromatic amines is 1. The van der Waals surface area contributed by atoms with Crippen LogP contribution in [0.25, 0.3) is 11.3 Å². The Morgan fingerprint density at radius 1 is 1.22 bits per heavy atom. The van der Waals surface area contributed by atoms with Gasteiger partial charge in [-0.15, -0.1) is 0 Å². The average molecular weight is 309 g/mol. The van der Waals surface area contributed by atoms with Crippen molar-refractivity contribution in [1.82, 2.24) is 20.6 Å². The molecule has 2 N–H and O–H groups in total. The zero-order chi connectivity index (χ0) is 16.1. The lowest BCUT2D eigenvalue weighted by Gasteiger charge is -2.00. The van der Waals surface area contributed by atoms with Crippen LogP contribution >= 0.6 is 0 Å². The molecule has 0 saturated carbocycles. The molecule has 7 heteroatoms. The standard InChI is InChI=1S/C16H12FN5O/c17-14-5-3-11(4-6-14)15-13(9-19-21-15)10-20-22-16(23)12-2-1-7-18-8-12/h1-10H,(H,19,21)(H,22,23). The van der Waals surface area contributed by atoms with Gasteiger partial charge in [-0.1, -0.05) is 0 Å². The van der Waals surface area contributed by atoms with Crippen LogP contribution < -0.4 is 5.43 Å². The van der Waals surface area contributed by atoms with E-state index < -0.39 is 0 Å². The number of hydrogen-bond donors (Lipinski definition) is 2. The minimum atomic E-state index is -0.360. The first-order valence-electron chi connectivity index (χ1n) is 6.77. The van der Waals surface area contributed by atoms with Gasteiger partial charge in [0.05, 0.1) is 23.7 Å². The third kappa shape index (κ3) is 3.46. The molecule has 3 aromatic rings. The Morgan fingerprint density at radius 2 is 2.04 bits per heavy atom. The largest absolute Gasteiger partial charge is 0.277 e. The van der Waals surface area contributed by atoms with Crippen molar-refractivity contribution < 1.29 is 9.18 Å². The van der Waals surface area contributed by atoms with Crippen molar-refractivity contribution >= 4 is 12.1 Å². The quantitative estimate of drug-likeness (QED) is 0.573. The van der Waals surface area contributed by atoms with E-state index in [0.717, 1.165) is 5.56 Å². The van der Waals surface area contributed by atoms with E-state index in [-0.39, 0.29) is 11.7 Å². The lowest BCUT2D eigenvalue weighted by Crippen LogP contribution is -2.17. The highest BCUT2D eigenvalue weighted by atomic mass is 19.1. The van der Waals surface area contributed by atoms with Gasteiger partial charge in [0, 0.05) is 23.5 Å². The van der Waals surface area contributed by atoms with E-state index in [1.54, 1.807) is 36.7 Å². The van der Waals surface area contributed by atoms with E-state index in [9.17, 15) is 9.18 Å². The number of halogens is 1. The maximum atomic E-state index is 13.0. The summed E-state index contributed by atoms with van der Waals surface area (Å²) < 4.78 is 13.0. The molecule has 0 aliphatic carbocycles. The predicted molar refractivity (Wildman–Crippen MR) is 83.3 cm³/mol. The van der Waals surface area contributed by atoms with Gasteiger partial charge in [0.2, 0.25) is 0 Å². The van der Waals surface area contributed by atoms with Crippen LogP contribution in [0.5, 0.6) is 0 Å². The first-order valence-corrected chi connectivity index (χ1v) is 6.77. The molecule has 0 saturated heterocycles. The summed E-state index contributed by atoms with van der Waals surface area (Å²) in [5.41, 5.74) is 4.95. The number of benzene rings is 1. The predicted octanol–water partition coefficient (Wildman–Crippen LogP) is 2.37. The zero-order valence-corrected chi connectivity index (χ0v) is 11.9. The van der Waals surface area contributed by atoms with E-state index in [1.165, 1.54) is 24.5 Å². The lowest BCUT2D eigenvalue weighted by atomic mass is 10.1. The second kappa shape index (κ2) is 6.61. The molecule has 1 aromatic carbocycles. The fourth-order valence-corrected chi connectivity index (χ4v) is 1.96. The average Bonchev–Trinajstić information content (AvgIpc) is 3.05. The maximum Gasteiger partial charge on any atom is 0.272 e. The van der Waals surface area contributed by atoms with Crippen molar-refractivity contribution in [2.24, 2.45) is 5.10 Å². The summed E-state index contributed by atoms with van der Waals surface area (Å²) >= 11 is 0. The van der Waals surface area contributed by atoms with E-state index >= 15 is 0 Å². The van der Waals surface area contributed by atoms with E-state index in [2.05, 4.69) is 25.7 Å². The number of H-pyrrole nitrogens is 1. The van der Waals surface area contributed by atoms with E-state index in [0.29, 0.717) is 16.8 Å². The summed E-state index contributed by atoms with van der Waals surface area (Å²) in [5.74, 6) is -0.673. The molecule has 0 aliphatic heterocycles. The van der Waals surface area contributed by atoms with Gasteiger partial charge < -0.3 is 0 Å². The molecule has 0 unspecified atom stereocenters. The number of rotatable bonds is 4. The number of amides is 1. The van der Waals surface area contributed by atoms with E-state index in [1.807, 2.05) is 0 Å². The van der Waals surface area contributed by atoms with Crippen molar-refractivity contribution in [3.05, 3.63) is 71.9 Å². The Labute approximate surface area is 131 Å². The van der Waals surface area contributed by atoms with Crippen molar-refractivity contribution in [1.29, 1.82) is 0 Å². The summed E-state index contributed by atoms with van der Waals surface area (Å²) in [7, 11) is 0. The molecule has 0 radical (unpaired) electrons. The molecule has 0 spiro atoms. The highest BCUT2D eigenvalue weighted by Crippen LogP contribution is 2.19. The Bertz CT molecular complexity index is 827. The van der Waals surface area contributed by atoms with Crippen LogP contribution in [0.3, 0.4) is 0 Å². The smallest absolute Gasteiger partial charge is 0.272 e. The Balaban J connectivity index is 1.73. The second-order valence-electron chi connectivity index (χ2n) is 4.65. The van der Waals surface area contributed by atoms with Crippen LogP contribution in [0.2, 0.25) is 0 Å². The molecule has 1 amide bonds. The van der Waals surface area contributed by atoms with Crippen molar-refractivity contribution in [2.45, 2.75) is 0 Å². The van der Waals surface area contributed by atoms with Gasteiger partial charge >= 0.3 is 0 Å². The van der Waals surface area contributed by atoms with Crippen LogP contribution in [0.4, 0.5) is 4.39 Å². The van der Waals surface area contributed by atoms with Crippen molar-refractivity contribution in [2.75, 3.05) is 0 Å². The fourth-order valence-electron chi connectivity index (χ4n) is 1.96. The molecule has 114 valence electrons. The third-order valence-corrected chi connectivity index (χ3v) is 3.10. The van der Waals surface area contributed by atoms with Gasteiger partial charge in [0.1, 0.15) is 5.82 Å². The highest BCUT2D eigenvalue weighted by Gasteiger charge is 2.07. The molecule has 23 heavy (non-hydrogen) atoms. The van der Waals surface area contributed by atoms with Gasteiger partial charge in [-0.3, -0.25) is 14.9 Å². The first kappa shape index (κ1) is 14.6. The summed E-state index contributed by atoms with van der Waals surface area (Å²) in [5, 5.41) is 10.7. The highest BCUT2D eigenvalue weighted by molar-refractivity contribution is 5.95. The summed E-state index contributed by atoms with van der Waals surface area (Å²) in [4.78, 5) is 15.7. The summed E-state index contributed by atoms with van der Waals surface area (Å²) in [6.07, 6.45) is 6.07. The maximum absolute atomic E-state index is 13.0. The minimum Gasteiger partial charge on any atom is -0.277 e. The Hall–Kier alpha value is -3.35. The lowest BCUT2D eigenvalue weighted by molar-refractivity contribution is 0.0955. The van der Waals surface area contributed by atoms with Gasteiger partial charge in [-0.05, 0) is 36.4 Å². The molecule has 2 aromatic heterocycles. The Kier molecular flexibility index (Phi) is 4.19. The molecule has 0 bridgehead atoms. The molecule has 3 rings (SSSR count). The number of hydrazone groups is 1. The fraction of sp³-hybridized carbons (Fsp3) is 0. The number of aromatic nitrogens is 3. The van der Waals surface area contributed by atoms with Crippen LogP contribution in [-0.4, -0.2) is 27.3 Å². The van der Waals surface area contributed by atoms with Crippen molar-refractivity contribution in [3.63, 3.8) is 0 Å². The van der Waals surface area contributed by atoms with Gasteiger partial charge in [0.15, 0.2) is 0 Å².